The number of aliphatic hydroxyl groups is 2. The third-order valence-electron chi connectivity index (χ3n) is 14.9. The summed E-state index contributed by atoms with van der Waals surface area (Å²) in [5.41, 5.74) is 6.45. The van der Waals surface area contributed by atoms with Crippen LogP contribution in [0.2, 0.25) is 0 Å². The minimum absolute atomic E-state index is 0.00861. The topological polar surface area (TPSA) is 131 Å². The van der Waals surface area contributed by atoms with Gasteiger partial charge in [-0.05, 0) is 101 Å². The minimum atomic E-state index is -1.01. The number of likely N-dealkylation sites (tertiary alicyclic amines) is 1. The number of benzene rings is 2. The number of esters is 1. The molecular weight excluding hydrogens is 681 g/mol. The number of ketones is 1. The average molecular weight is 735 g/mol. The Kier molecular flexibility index (Phi) is 8.47. The van der Waals surface area contributed by atoms with Crippen molar-refractivity contribution < 1.29 is 29.3 Å². The molecule has 6 aliphatic rings. The molecule has 0 spiro atoms. The zero-order valence-electron chi connectivity index (χ0n) is 32.4. The van der Waals surface area contributed by atoms with E-state index in [0.717, 1.165) is 87.1 Å². The minimum Gasteiger partial charge on any atom is -0.496 e. The van der Waals surface area contributed by atoms with Gasteiger partial charge in [0.1, 0.15) is 16.9 Å². The zero-order valence-corrected chi connectivity index (χ0v) is 32.4. The van der Waals surface area contributed by atoms with E-state index in [9.17, 15) is 19.8 Å². The normalized spacial score (nSPS) is 34.5. The molecule has 4 N–H and O–H groups in total. The molecule has 10 atom stereocenters. The number of rotatable bonds is 6. The van der Waals surface area contributed by atoms with Gasteiger partial charge in [-0.2, -0.15) is 0 Å². The van der Waals surface area contributed by atoms with Crippen LogP contribution in [0.4, 0.5) is 0 Å². The highest BCUT2D eigenvalue weighted by Crippen LogP contribution is 2.58. The molecule has 2 aromatic carbocycles. The second-order valence-corrected chi connectivity index (χ2v) is 17.1. The molecule has 1 saturated carbocycles. The summed E-state index contributed by atoms with van der Waals surface area (Å²) in [7, 11) is 5.29. The van der Waals surface area contributed by atoms with Gasteiger partial charge in [0, 0.05) is 76.8 Å². The number of hydrogen-bond acceptors (Lipinski definition) is 8. The van der Waals surface area contributed by atoms with E-state index in [1.165, 1.54) is 7.11 Å². The molecule has 4 aromatic rings. The van der Waals surface area contributed by atoms with Crippen LogP contribution in [0.5, 0.6) is 5.75 Å². The van der Waals surface area contributed by atoms with Crippen LogP contribution in [0.1, 0.15) is 74.0 Å². The number of aromatic nitrogens is 2. The smallest absolute Gasteiger partial charge is 0.319 e. The van der Waals surface area contributed by atoms with Gasteiger partial charge >= 0.3 is 5.97 Å². The maximum Gasteiger partial charge on any atom is 0.319 e. The number of methoxy groups -OCH3 is 2. The number of aliphatic hydroxyl groups excluding tert-OH is 2. The Morgan fingerprint density at radius 3 is 2.59 bits per heavy atom. The molecule has 0 radical (unpaired) electrons. The molecule has 10 nitrogen and oxygen atoms in total. The SMILES string of the molecule is C/C=C1/CN(C)[C@H]2Cc3c([nH]c4ccccc34)[C@H](c3c(OC)ccc4c5c([nH]c34)[C@]3(C(=O)OC)C[C@@H]4C[C@H]([C@H](C)O)[C@@H]3N(CC5)C4)C[C@H]1C2(CO)C(C)=O. The van der Waals surface area contributed by atoms with Crippen molar-refractivity contribution in [3.8, 4) is 5.75 Å². The molecule has 6 bridgehead atoms. The van der Waals surface area contributed by atoms with Crippen molar-refractivity contribution in [2.45, 2.75) is 82.4 Å². The fourth-order valence-corrected chi connectivity index (χ4v) is 12.7. The highest BCUT2D eigenvalue weighted by atomic mass is 16.5. The molecule has 54 heavy (non-hydrogen) atoms. The van der Waals surface area contributed by atoms with Crippen molar-refractivity contribution in [2.24, 2.45) is 23.2 Å². The van der Waals surface area contributed by atoms with Crippen LogP contribution < -0.4 is 4.74 Å². The van der Waals surface area contributed by atoms with Gasteiger partial charge in [-0.15, -0.1) is 0 Å². The summed E-state index contributed by atoms with van der Waals surface area (Å²) in [5.74, 6) is 0.226. The number of H-pyrrole nitrogens is 2. The highest BCUT2D eigenvalue weighted by Gasteiger charge is 2.64. The number of piperidine rings is 3. The fraction of sp³-hybridized carbons (Fsp3) is 0.545. The van der Waals surface area contributed by atoms with E-state index in [2.05, 4.69) is 63.2 Å². The zero-order chi connectivity index (χ0) is 37.8. The van der Waals surface area contributed by atoms with E-state index in [-0.39, 0.29) is 54.1 Å². The van der Waals surface area contributed by atoms with E-state index >= 15 is 0 Å². The summed E-state index contributed by atoms with van der Waals surface area (Å²) in [6, 6.07) is 12.2. The maximum absolute atomic E-state index is 14.4. The van der Waals surface area contributed by atoms with E-state index in [1.807, 2.05) is 19.9 Å². The Morgan fingerprint density at radius 1 is 1.09 bits per heavy atom. The van der Waals surface area contributed by atoms with Gasteiger partial charge in [0.05, 0.1) is 37.9 Å². The molecule has 4 aliphatic heterocycles. The number of hydrogen-bond donors (Lipinski definition) is 4. The predicted molar refractivity (Wildman–Crippen MR) is 208 cm³/mol. The van der Waals surface area contributed by atoms with Crippen molar-refractivity contribution in [3.05, 3.63) is 76.1 Å². The van der Waals surface area contributed by atoms with Gasteiger partial charge in [0.15, 0.2) is 0 Å². The van der Waals surface area contributed by atoms with Crippen molar-refractivity contribution >= 4 is 33.6 Å². The highest BCUT2D eigenvalue weighted by molar-refractivity contribution is 5.95. The first-order chi connectivity index (χ1) is 26.0. The van der Waals surface area contributed by atoms with Crippen LogP contribution in [0, 0.1) is 23.2 Å². The third kappa shape index (κ3) is 4.66. The lowest BCUT2D eigenvalue weighted by atomic mass is 9.56. The molecule has 0 amide bonds. The van der Waals surface area contributed by atoms with E-state index < -0.39 is 16.9 Å². The van der Waals surface area contributed by atoms with Gasteiger partial charge in [0.2, 0.25) is 0 Å². The van der Waals surface area contributed by atoms with Crippen molar-refractivity contribution in [1.82, 2.24) is 19.8 Å². The van der Waals surface area contributed by atoms with Gasteiger partial charge in [0.25, 0.3) is 0 Å². The number of carbonyl (C=O) groups excluding carboxylic acids is 2. The molecule has 2 unspecified atom stereocenters. The number of para-hydroxylation sites is 1. The number of allylic oxidation sites excluding steroid dienone is 1. The first-order valence-corrected chi connectivity index (χ1v) is 19.8. The van der Waals surface area contributed by atoms with E-state index in [4.69, 9.17) is 9.47 Å². The van der Waals surface area contributed by atoms with Gasteiger partial charge in [-0.1, -0.05) is 29.8 Å². The second-order valence-electron chi connectivity index (χ2n) is 17.1. The molecule has 3 saturated heterocycles. The van der Waals surface area contributed by atoms with Gasteiger partial charge < -0.3 is 29.7 Å². The average Bonchev–Trinajstić information content (AvgIpc) is 3.71. The predicted octanol–water partition coefficient (Wildman–Crippen LogP) is 5.24. The van der Waals surface area contributed by atoms with Gasteiger partial charge in [-0.3, -0.25) is 19.4 Å². The quantitative estimate of drug-likeness (QED) is 0.157. The van der Waals surface area contributed by atoms with Crippen LogP contribution in [-0.2, 0) is 32.6 Å². The Labute approximate surface area is 316 Å². The molecule has 10 heteroatoms. The molecular formula is C44H54N4O6. The molecule has 2 aromatic heterocycles. The standard InChI is InChI=1S/C44H54N4O6/c1-7-26-21-47(4)36-18-31-27-10-8-9-11-34(27)45-38(31)32(17-33(26)44(36,22-49)24(3)51)37-35(53-5)13-12-28-29-14-15-48-20-25-16-30(23(2)50)41(48)43(19-25,42(52)54-6)40(29)46-39(28)37/h7-13,23,25,30,32-33,36,41,45-46,49-50H,14-22H2,1-6H3/b26-7-/t23-,25-,30+,32-,33+,36-,41-,43+,44?/m0/s1. The van der Waals surface area contributed by atoms with E-state index in [1.54, 1.807) is 14.0 Å². The maximum atomic E-state index is 14.4. The number of fused-ring (bicyclic) bond motifs is 9. The number of aromatic amines is 2. The van der Waals surface area contributed by atoms with E-state index in [0.29, 0.717) is 25.8 Å². The Bertz CT molecular complexity index is 2200. The molecule has 4 fully saturated rings. The second kappa shape index (κ2) is 12.8. The molecule has 286 valence electrons. The number of nitrogens with one attached hydrogen (secondary N) is 2. The number of Topliss-reactive ketones (excluding diaryl/α,β-unsaturated/α-hetero) is 1. The monoisotopic (exact) mass is 734 g/mol. The summed E-state index contributed by atoms with van der Waals surface area (Å²) in [4.78, 5) is 41.1. The van der Waals surface area contributed by atoms with Crippen molar-refractivity contribution in [3.63, 3.8) is 0 Å². The largest absolute Gasteiger partial charge is 0.496 e. The lowest BCUT2D eigenvalue weighted by Crippen LogP contribution is -2.68. The van der Waals surface area contributed by atoms with Crippen molar-refractivity contribution in [1.29, 1.82) is 0 Å². The molecule has 6 heterocycles. The Hall–Kier alpha value is -3.96. The van der Waals surface area contributed by atoms with Crippen LogP contribution in [0.25, 0.3) is 21.8 Å². The first-order valence-electron chi connectivity index (χ1n) is 19.8. The lowest BCUT2D eigenvalue weighted by Gasteiger charge is -2.58. The lowest BCUT2D eigenvalue weighted by molar-refractivity contribution is -0.166. The van der Waals surface area contributed by atoms with Crippen molar-refractivity contribution in [2.75, 3.05) is 47.5 Å². The number of nitrogens with zero attached hydrogens (tertiary/aromatic N) is 2. The van der Waals surface area contributed by atoms with Crippen LogP contribution in [-0.4, -0.2) is 107 Å². The first kappa shape index (κ1) is 35.7. The molecule has 2 aliphatic carbocycles. The van der Waals surface area contributed by atoms with Crippen LogP contribution in [0.15, 0.2) is 48.0 Å². The summed E-state index contributed by atoms with van der Waals surface area (Å²) >= 11 is 0. The third-order valence-corrected chi connectivity index (χ3v) is 14.9. The summed E-state index contributed by atoms with van der Waals surface area (Å²) in [6.07, 6.45) is 5.09. The molecule has 10 rings (SSSR count). The number of likely N-dealkylation sites (N-methyl/N-ethyl adjacent to an activating group) is 1. The Balaban J connectivity index is 1.34. The van der Waals surface area contributed by atoms with Crippen LogP contribution >= 0.6 is 0 Å². The summed E-state index contributed by atoms with van der Waals surface area (Å²) in [5, 5.41) is 24.8. The Morgan fingerprint density at radius 2 is 1.89 bits per heavy atom. The fourth-order valence-electron chi connectivity index (χ4n) is 12.7. The van der Waals surface area contributed by atoms with Gasteiger partial charge in [-0.25, -0.2) is 0 Å². The van der Waals surface area contributed by atoms with Crippen LogP contribution in [0.3, 0.4) is 0 Å². The number of ether oxygens (including phenoxy) is 2. The summed E-state index contributed by atoms with van der Waals surface area (Å²) < 4.78 is 12.0. The number of carbonyl (C=O) groups is 2. The summed E-state index contributed by atoms with van der Waals surface area (Å²) in [6.45, 7) is 7.76.